The third-order valence-corrected chi connectivity index (χ3v) is 14.0. The Kier molecular flexibility index (Phi) is 9.10. The van der Waals surface area contributed by atoms with Crippen LogP contribution in [-0.2, 0) is 10.0 Å². The molecular weight excluding hydrogens is 651 g/mol. The van der Waals surface area contributed by atoms with E-state index in [9.17, 15) is 8.42 Å². The Morgan fingerprint density at radius 3 is 1.80 bits per heavy atom. The first-order chi connectivity index (χ1) is 16.2. The van der Waals surface area contributed by atoms with Gasteiger partial charge >= 0.3 is 225 Å². The van der Waals surface area contributed by atoms with Crippen LogP contribution in [0.15, 0.2) is 57.3 Å². The van der Waals surface area contributed by atoms with Gasteiger partial charge in [0.25, 0.3) is 0 Å². The molecule has 1 fully saturated rings. The van der Waals surface area contributed by atoms with Crippen molar-refractivity contribution in [1.82, 2.24) is 4.31 Å². The Bertz CT molecular complexity index is 1120. The van der Waals surface area contributed by atoms with Gasteiger partial charge in [0.1, 0.15) is 0 Å². The van der Waals surface area contributed by atoms with Gasteiger partial charge in [-0.25, -0.2) is 0 Å². The van der Waals surface area contributed by atoms with E-state index in [1.54, 1.807) is 16.4 Å². The summed E-state index contributed by atoms with van der Waals surface area (Å²) < 4.78 is 30.0. The summed E-state index contributed by atoms with van der Waals surface area (Å²) in [6.45, 7) is 15.8. The van der Waals surface area contributed by atoms with Gasteiger partial charge in [-0.2, -0.15) is 0 Å². The summed E-state index contributed by atoms with van der Waals surface area (Å²) in [5.41, 5.74) is 3.20. The van der Waals surface area contributed by atoms with Crippen LogP contribution in [0.3, 0.4) is 0 Å². The van der Waals surface area contributed by atoms with Crippen LogP contribution in [0.1, 0.15) is 71.1 Å². The van der Waals surface area contributed by atoms with Crippen LogP contribution in [0.5, 0.6) is 0 Å². The number of hydrogen-bond donors (Lipinski definition) is 0. The van der Waals surface area contributed by atoms with Crippen molar-refractivity contribution in [2.24, 2.45) is 9.98 Å². The Morgan fingerprint density at radius 2 is 1.34 bits per heavy atom. The van der Waals surface area contributed by atoms with E-state index in [1.165, 1.54) is 14.4 Å². The molecule has 1 aliphatic heterocycles. The molecule has 1 heterocycles. The first kappa shape index (κ1) is 28.1. The van der Waals surface area contributed by atoms with Crippen molar-refractivity contribution in [2.75, 3.05) is 13.1 Å². The Labute approximate surface area is 223 Å². The first-order valence-electron chi connectivity index (χ1n) is 12.3. The predicted molar refractivity (Wildman–Crippen MR) is 149 cm³/mol. The van der Waals surface area contributed by atoms with E-state index in [0.717, 1.165) is 18.4 Å². The summed E-state index contributed by atoms with van der Waals surface area (Å²) in [5, 5.41) is 0. The molecular formula is C28H39BiN3O2S+. The van der Waals surface area contributed by atoms with Crippen molar-refractivity contribution in [3.8, 4) is 0 Å². The van der Waals surface area contributed by atoms with Crippen molar-refractivity contribution >= 4 is 49.0 Å². The monoisotopic (exact) mass is 690 g/mol. The molecule has 0 aromatic heterocycles. The zero-order valence-electron chi connectivity index (χ0n) is 22.1. The molecule has 2 aromatic rings. The van der Waals surface area contributed by atoms with E-state index in [2.05, 4.69) is 59.7 Å². The standard InChI is InChI=1S/C16H23N2.C12H16NO2S.Bi/c1-15(2,3)17-11-13-8-7-9-14(10-13)12-18-16(4,5)6;1-11-5-7-12(8-6-11)16(14,15)13-9-3-2-4-10-13;/h7-9,11-12H,1-6H3;2,5-8H,3-4,9-10H2,1H3;/q;;+1. The van der Waals surface area contributed by atoms with Gasteiger partial charge in [0, 0.05) is 0 Å². The van der Waals surface area contributed by atoms with Crippen LogP contribution >= 0.6 is 0 Å². The topological polar surface area (TPSA) is 62.1 Å². The molecule has 1 aliphatic rings. The fraction of sp³-hybridized carbons (Fsp3) is 0.500. The van der Waals surface area contributed by atoms with Crippen LogP contribution in [-0.4, -0.2) is 72.6 Å². The maximum absolute atomic E-state index is 13.1. The number of nitrogens with zero attached hydrogens (tertiary/aromatic N) is 3. The second-order valence-electron chi connectivity index (χ2n) is 11.2. The van der Waals surface area contributed by atoms with Crippen molar-refractivity contribution in [3.63, 3.8) is 0 Å². The molecule has 7 heteroatoms. The molecule has 2 radical (unpaired) electrons. The summed E-state index contributed by atoms with van der Waals surface area (Å²) in [5.74, 6) is 0. The van der Waals surface area contributed by atoms with Crippen LogP contribution in [0.25, 0.3) is 0 Å². The van der Waals surface area contributed by atoms with E-state index in [4.69, 9.17) is 9.98 Å². The van der Waals surface area contributed by atoms with Crippen molar-refractivity contribution in [1.29, 1.82) is 0 Å². The Balaban J connectivity index is 1.81. The molecule has 3 rings (SSSR count). The molecule has 0 N–H and O–H groups in total. The van der Waals surface area contributed by atoms with Gasteiger partial charge in [-0.3, -0.25) is 0 Å². The number of aliphatic imine (C=N–C) groups is 2. The second kappa shape index (κ2) is 11.3. The molecule has 0 spiro atoms. The molecule has 0 atom stereocenters. The van der Waals surface area contributed by atoms with Gasteiger partial charge in [0.15, 0.2) is 0 Å². The van der Waals surface area contributed by atoms with Crippen molar-refractivity contribution in [3.05, 3.63) is 59.2 Å². The molecule has 0 saturated carbocycles. The van der Waals surface area contributed by atoms with Gasteiger partial charge in [0.05, 0.1) is 0 Å². The molecule has 0 bridgehead atoms. The van der Waals surface area contributed by atoms with Crippen molar-refractivity contribution in [2.45, 2.75) is 80.9 Å². The van der Waals surface area contributed by atoms with E-state index < -0.39 is 33.3 Å². The molecule has 1 saturated heterocycles. The minimum absolute atomic E-state index is 0.130. The minimum atomic E-state index is -3.43. The number of sulfonamides is 1. The first-order valence-corrected chi connectivity index (χ1v) is 17.4. The fourth-order valence-electron chi connectivity index (χ4n) is 3.72. The van der Waals surface area contributed by atoms with Crippen LogP contribution in [0.2, 0.25) is 3.63 Å². The third-order valence-electron chi connectivity index (χ3n) is 5.67. The molecule has 0 amide bonds. The molecule has 35 heavy (non-hydrogen) atoms. The molecule has 0 aliphatic carbocycles. The van der Waals surface area contributed by atoms with Gasteiger partial charge in [-0.1, -0.05) is 0 Å². The van der Waals surface area contributed by atoms with Crippen LogP contribution in [0.4, 0.5) is 0 Å². The van der Waals surface area contributed by atoms with Gasteiger partial charge < -0.3 is 0 Å². The number of piperidine rings is 1. The van der Waals surface area contributed by atoms with E-state index in [-0.39, 0.29) is 11.1 Å². The normalized spacial score (nSPS) is 17.0. The zero-order valence-corrected chi connectivity index (χ0v) is 26.4. The fourth-order valence-corrected chi connectivity index (χ4v) is 10.7. The van der Waals surface area contributed by atoms with E-state index in [0.29, 0.717) is 21.6 Å². The Hall–Kier alpha value is -1.43. The zero-order chi connectivity index (χ0) is 25.9. The summed E-state index contributed by atoms with van der Waals surface area (Å²) in [6, 6.07) is 13.6. The van der Waals surface area contributed by atoms with E-state index >= 15 is 0 Å². The SMILES string of the molecule is Cc1ccc(S(=O)(=O)N2CC[CH]([Bi+][c]3c(C=NC(C)(C)C)cccc3C=NC(C)(C)C)CC2)cc1. The Morgan fingerprint density at radius 1 is 0.857 bits per heavy atom. The average Bonchev–Trinajstić information content (AvgIpc) is 2.77. The van der Waals surface area contributed by atoms with Crippen molar-refractivity contribution < 1.29 is 8.42 Å². The number of benzene rings is 2. The number of hydrogen-bond acceptors (Lipinski definition) is 4. The van der Waals surface area contributed by atoms with Crippen LogP contribution in [0, 0.1) is 6.92 Å². The second-order valence-corrected chi connectivity index (χ2v) is 18.7. The molecule has 2 aromatic carbocycles. The molecule has 188 valence electrons. The quantitative estimate of drug-likeness (QED) is 0.316. The van der Waals surface area contributed by atoms with E-state index in [1.807, 2.05) is 31.5 Å². The summed E-state index contributed by atoms with van der Waals surface area (Å²) in [4.78, 5) is 9.97. The maximum atomic E-state index is 13.1. The average molecular weight is 691 g/mol. The molecule has 5 nitrogen and oxygen atoms in total. The van der Waals surface area contributed by atoms with Crippen LogP contribution < -0.4 is 3.27 Å². The van der Waals surface area contributed by atoms with Gasteiger partial charge in [-0.05, 0) is 0 Å². The number of rotatable bonds is 6. The van der Waals surface area contributed by atoms with Gasteiger partial charge in [-0.15, -0.1) is 0 Å². The molecule has 0 unspecified atom stereocenters. The summed E-state index contributed by atoms with van der Waals surface area (Å²) in [7, 11) is -3.43. The summed E-state index contributed by atoms with van der Waals surface area (Å²) >= 11 is -1.15. The number of aryl methyl sites for hydroxylation is 1. The summed E-state index contributed by atoms with van der Waals surface area (Å²) in [6.07, 6.45) is 5.90. The van der Waals surface area contributed by atoms with Gasteiger partial charge in [0.2, 0.25) is 0 Å². The third kappa shape index (κ3) is 8.30. The predicted octanol–water partition coefficient (Wildman–Crippen LogP) is 5.03.